The third kappa shape index (κ3) is 6.66. The Morgan fingerprint density at radius 2 is 1.77 bits per heavy atom. The summed E-state index contributed by atoms with van der Waals surface area (Å²) in [6, 6.07) is 14.2. The number of Topliss-reactive ketones (excluding diaryl/α,β-unsaturated/α-hetero) is 1. The van der Waals surface area contributed by atoms with E-state index in [-0.39, 0.29) is 11.7 Å². The van der Waals surface area contributed by atoms with E-state index in [2.05, 4.69) is 17.4 Å². The molecular weight excluding hydrogens is 388 g/mol. The zero-order valence-corrected chi connectivity index (χ0v) is 18.8. The summed E-state index contributed by atoms with van der Waals surface area (Å²) in [5.41, 5.74) is 4.49. The molecule has 0 aliphatic carbocycles. The van der Waals surface area contributed by atoms with Gasteiger partial charge >= 0.3 is 0 Å². The molecule has 0 atom stereocenters. The summed E-state index contributed by atoms with van der Waals surface area (Å²) in [7, 11) is 1.70. The van der Waals surface area contributed by atoms with E-state index in [1.807, 2.05) is 35.2 Å². The van der Waals surface area contributed by atoms with Gasteiger partial charge in [0.1, 0.15) is 5.75 Å². The number of carbonyl (C=O) groups is 2. The van der Waals surface area contributed by atoms with E-state index in [0.29, 0.717) is 6.42 Å². The fourth-order valence-corrected chi connectivity index (χ4v) is 4.15. The molecule has 2 aromatic rings. The molecule has 0 aromatic heterocycles. The minimum atomic E-state index is 0.126. The van der Waals surface area contributed by atoms with E-state index in [4.69, 9.17) is 4.74 Å². The molecule has 0 saturated heterocycles. The smallest absolute Gasteiger partial charge is 0.219 e. The number of methoxy groups -OCH3 is 1. The number of para-hydroxylation sites is 1. The number of unbranched alkanes of at least 4 members (excludes halogenated alkanes) is 1. The number of hydrogen-bond acceptors (Lipinski definition) is 4. The molecule has 5 nitrogen and oxygen atoms in total. The van der Waals surface area contributed by atoms with Crippen LogP contribution in [0.1, 0.15) is 53.2 Å². The molecule has 0 radical (unpaired) electrons. The van der Waals surface area contributed by atoms with Crippen LogP contribution in [0, 0.1) is 0 Å². The van der Waals surface area contributed by atoms with Gasteiger partial charge in [-0.1, -0.05) is 30.3 Å². The number of hydrogen-bond donors (Lipinski definition) is 1. The summed E-state index contributed by atoms with van der Waals surface area (Å²) in [6.07, 6.45) is 5.06. The number of benzene rings is 2. The third-order valence-corrected chi connectivity index (χ3v) is 6.05. The van der Waals surface area contributed by atoms with Crippen LogP contribution in [0.5, 0.6) is 5.75 Å². The maximum Gasteiger partial charge on any atom is 0.219 e. The first-order valence-electron chi connectivity index (χ1n) is 11.3. The molecule has 0 spiro atoms. The van der Waals surface area contributed by atoms with Gasteiger partial charge in [0.25, 0.3) is 0 Å². The van der Waals surface area contributed by atoms with E-state index < -0.39 is 0 Å². The number of carbonyl (C=O) groups excluding carboxylic acids is 2. The van der Waals surface area contributed by atoms with E-state index in [0.717, 1.165) is 69.6 Å². The van der Waals surface area contributed by atoms with E-state index in [1.165, 1.54) is 16.7 Å². The van der Waals surface area contributed by atoms with Crippen molar-refractivity contribution in [3.05, 3.63) is 64.7 Å². The van der Waals surface area contributed by atoms with Gasteiger partial charge in [0.05, 0.1) is 7.11 Å². The van der Waals surface area contributed by atoms with Crippen LogP contribution in [-0.2, 0) is 24.1 Å². The first kappa shape index (κ1) is 23.0. The van der Waals surface area contributed by atoms with Gasteiger partial charge in [0, 0.05) is 32.0 Å². The van der Waals surface area contributed by atoms with Crippen LogP contribution in [0.2, 0.25) is 0 Å². The summed E-state index contributed by atoms with van der Waals surface area (Å²) < 4.78 is 5.38. The molecule has 166 valence electrons. The van der Waals surface area contributed by atoms with Crippen molar-refractivity contribution in [2.75, 3.05) is 33.3 Å². The first-order valence-corrected chi connectivity index (χ1v) is 11.3. The highest BCUT2D eigenvalue weighted by Crippen LogP contribution is 2.20. The minimum Gasteiger partial charge on any atom is -0.496 e. The molecule has 1 amide bonds. The molecule has 31 heavy (non-hydrogen) atoms. The van der Waals surface area contributed by atoms with Crippen molar-refractivity contribution >= 4 is 11.7 Å². The molecule has 1 aliphatic heterocycles. The van der Waals surface area contributed by atoms with Crippen LogP contribution in [0.25, 0.3) is 0 Å². The number of fused-ring (bicyclic) bond motifs is 1. The Morgan fingerprint density at radius 1 is 1.00 bits per heavy atom. The Labute approximate surface area is 185 Å². The van der Waals surface area contributed by atoms with Crippen molar-refractivity contribution in [1.82, 2.24) is 10.2 Å². The van der Waals surface area contributed by atoms with Crippen LogP contribution in [0.3, 0.4) is 0 Å². The molecule has 0 fully saturated rings. The van der Waals surface area contributed by atoms with Crippen LogP contribution < -0.4 is 10.1 Å². The summed E-state index contributed by atoms with van der Waals surface area (Å²) in [6.45, 7) is 4.93. The monoisotopic (exact) mass is 422 g/mol. The van der Waals surface area contributed by atoms with Gasteiger partial charge in [-0.15, -0.1) is 0 Å². The lowest BCUT2D eigenvalue weighted by atomic mass is 9.97. The Kier molecular flexibility index (Phi) is 8.65. The summed E-state index contributed by atoms with van der Waals surface area (Å²) in [4.78, 5) is 26.2. The molecule has 1 aliphatic rings. The van der Waals surface area contributed by atoms with Gasteiger partial charge in [-0.2, -0.15) is 0 Å². The highest BCUT2D eigenvalue weighted by Gasteiger charge is 2.17. The van der Waals surface area contributed by atoms with Crippen molar-refractivity contribution in [3.8, 4) is 5.75 Å². The summed E-state index contributed by atoms with van der Waals surface area (Å²) in [5, 5.41) is 3.46. The largest absolute Gasteiger partial charge is 0.496 e. The Bertz CT molecular complexity index is 894. The zero-order chi connectivity index (χ0) is 22.1. The minimum absolute atomic E-state index is 0.126. The Hall–Kier alpha value is -2.66. The third-order valence-electron chi connectivity index (χ3n) is 6.05. The zero-order valence-electron chi connectivity index (χ0n) is 18.8. The molecule has 5 heteroatoms. The van der Waals surface area contributed by atoms with Crippen molar-refractivity contribution in [1.29, 1.82) is 0 Å². The number of ether oxygens (including phenoxy) is 1. The van der Waals surface area contributed by atoms with E-state index >= 15 is 0 Å². The van der Waals surface area contributed by atoms with E-state index in [9.17, 15) is 9.59 Å². The van der Waals surface area contributed by atoms with Crippen molar-refractivity contribution < 1.29 is 14.3 Å². The predicted octanol–water partition coefficient (Wildman–Crippen LogP) is 3.83. The maximum atomic E-state index is 12.6. The Balaban J connectivity index is 1.37. The fraction of sp³-hybridized carbons (Fsp3) is 0.462. The van der Waals surface area contributed by atoms with Crippen LogP contribution in [0.4, 0.5) is 0 Å². The average molecular weight is 423 g/mol. The molecule has 0 unspecified atom stereocenters. The number of amides is 1. The highest BCUT2D eigenvalue weighted by atomic mass is 16.5. The van der Waals surface area contributed by atoms with Gasteiger partial charge in [-0.05, 0) is 74.0 Å². The van der Waals surface area contributed by atoms with Crippen LogP contribution in [-0.4, -0.2) is 49.9 Å². The van der Waals surface area contributed by atoms with Crippen LogP contribution >= 0.6 is 0 Å². The fourth-order valence-electron chi connectivity index (χ4n) is 4.15. The molecule has 0 bridgehead atoms. The molecule has 2 aromatic carbocycles. The SMILES string of the molecule is COc1ccccc1CCNCCCCC(=O)c1ccc2c(c1)CCN(C(C)=O)CC2. The predicted molar refractivity (Wildman–Crippen MR) is 124 cm³/mol. The summed E-state index contributed by atoms with van der Waals surface area (Å²) in [5.74, 6) is 1.27. The van der Waals surface area contributed by atoms with Crippen LogP contribution in [0.15, 0.2) is 42.5 Å². The van der Waals surface area contributed by atoms with E-state index in [1.54, 1.807) is 14.0 Å². The standard InChI is InChI=1S/C26H34N2O3/c1-20(29)28-17-13-21-10-11-24(19-23(21)14-18-28)25(30)8-5-6-15-27-16-12-22-7-3-4-9-26(22)31-2/h3-4,7,9-11,19,27H,5-6,8,12-18H2,1-2H3. The lowest BCUT2D eigenvalue weighted by Gasteiger charge is -2.17. The second-order valence-electron chi connectivity index (χ2n) is 8.18. The molecule has 1 N–H and O–H groups in total. The lowest BCUT2D eigenvalue weighted by molar-refractivity contribution is -0.128. The second-order valence-corrected chi connectivity index (χ2v) is 8.18. The number of ketones is 1. The second kappa shape index (κ2) is 11.7. The number of rotatable bonds is 10. The highest BCUT2D eigenvalue weighted by molar-refractivity contribution is 5.96. The van der Waals surface area contributed by atoms with Crippen molar-refractivity contribution in [2.45, 2.75) is 45.4 Å². The van der Waals surface area contributed by atoms with Gasteiger partial charge in [0.15, 0.2) is 5.78 Å². The molecule has 3 rings (SSSR count). The summed E-state index contributed by atoms with van der Waals surface area (Å²) >= 11 is 0. The molecule has 1 heterocycles. The quantitative estimate of drug-likeness (QED) is 0.467. The lowest BCUT2D eigenvalue weighted by Crippen LogP contribution is -2.30. The molecular formula is C26H34N2O3. The van der Waals surface area contributed by atoms with Crippen molar-refractivity contribution in [3.63, 3.8) is 0 Å². The maximum absolute atomic E-state index is 12.6. The van der Waals surface area contributed by atoms with Gasteiger partial charge in [-0.3, -0.25) is 9.59 Å². The van der Waals surface area contributed by atoms with Gasteiger partial charge < -0.3 is 15.0 Å². The van der Waals surface area contributed by atoms with Gasteiger partial charge in [-0.25, -0.2) is 0 Å². The van der Waals surface area contributed by atoms with Gasteiger partial charge in [0.2, 0.25) is 5.91 Å². The first-order chi connectivity index (χ1) is 15.1. The Morgan fingerprint density at radius 3 is 2.55 bits per heavy atom. The topological polar surface area (TPSA) is 58.6 Å². The normalized spacial score (nSPS) is 13.4. The number of nitrogens with one attached hydrogen (secondary N) is 1. The number of nitrogens with zero attached hydrogens (tertiary/aromatic N) is 1. The van der Waals surface area contributed by atoms with Crippen molar-refractivity contribution in [2.24, 2.45) is 0 Å². The average Bonchev–Trinajstić information content (AvgIpc) is 3.00. The molecule has 0 saturated carbocycles.